The fraction of sp³-hybridized carbons (Fsp3) is 0.200. The third-order valence-electron chi connectivity index (χ3n) is 2.46. The first-order chi connectivity index (χ1) is 8.78. The molecule has 0 fully saturated rings. The van der Waals surface area contributed by atoms with E-state index in [0.29, 0.717) is 28.7 Å². The molecular formula is C10H9ClN6O. The molecule has 7 nitrogen and oxygen atoms in total. The number of hydrogen-bond donors (Lipinski definition) is 1. The third-order valence-corrected chi connectivity index (χ3v) is 2.66. The van der Waals surface area contributed by atoms with Gasteiger partial charge in [0.15, 0.2) is 5.65 Å². The highest BCUT2D eigenvalue weighted by molar-refractivity contribution is 6.29. The Morgan fingerprint density at radius 3 is 3.06 bits per heavy atom. The quantitative estimate of drug-likeness (QED) is 0.751. The van der Waals surface area contributed by atoms with Crippen molar-refractivity contribution in [2.75, 3.05) is 6.61 Å². The molecule has 3 aromatic rings. The van der Waals surface area contributed by atoms with Gasteiger partial charge in [-0.2, -0.15) is 5.10 Å². The van der Waals surface area contributed by atoms with Crippen molar-refractivity contribution in [3.63, 3.8) is 0 Å². The Morgan fingerprint density at radius 2 is 2.22 bits per heavy atom. The molecule has 0 aliphatic rings. The fourth-order valence-corrected chi connectivity index (χ4v) is 1.79. The molecule has 0 aliphatic heterocycles. The molecule has 0 atom stereocenters. The summed E-state index contributed by atoms with van der Waals surface area (Å²) in [7, 11) is 0. The Labute approximate surface area is 107 Å². The highest BCUT2D eigenvalue weighted by Crippen LogP contribution is 2.18. The summed E-state index contributed by atoms with van der Waals surface area (Å²) in [6.45, 7) is 0.415. The number of aromatic nitrogens is 6. The molecule has 0 amide bonds. The predicted molar refractivity (Wildman–Crippen MR) is 64.1 cm³/mol. The van der Waals surface area contributed by atoms with Crippen molar-refractivity contribution in [3.8, 4) is 11.4 Å². The number of aliphatic hydroxyl groups excluding tert-OH is 1. The van der Waals surface area contributed by atoms with Crippen molar-refractivity contribution in [1.29, 1.82) is 0 Å². The summed E-state index contributed by atoms with van der Waals surface area (Å²) in [5.41, 5.74) is 2.02. The summed E-state index contributed by atoms with van der Waals surface area (Å²) in [4.78, 5) is 4.21. The largest absolute Gasteiger partial charge is 0.394 e. The Morgan fingerprint density at radius 1 is 1.33 bits per heavy atom. The SMILES string of the molecule is OCCn1cc(-c2cnc3ccc(Cl)nn23)nn1. The lowest BCUT2D eigenvalue weighted by Gasteiger charge is -1.96. The standard InChI is InChI=1S/C10H9ClN6O/c11-9-1-2-10-12-5-8(17(10)14-9)7-6-16(3-4-18)15-13-7/h1-2,5-6,18H,3-4H2. The van der Waals surface area contributed by atoms with Crippen molar-refractivity contribution < 1.29 is 5.11 Å². The molecule has 0 bridgehead atoms. The lowest BCUT2D eigenvalue weighted by molar-refractivity contribution is 0.268. The number of aliphatic hydroxyl groups is 1. The van der Waals surface area contributed by atoms with E-state index in [1.807, 2.05) is 0 Å². The molecule has 0 unspecified atom stereocenters. The monoisotopic (exact) mass is 264 g/mol. The summed E-state index contributed by atoms with van der Waals surface area (Å²) >= 11 is 5.86. The van der Waals surface area contributed by atoms with Gasteiger partial charge in [0.2, 0.25) is 0 Å². The number of halogens is 1. The lowest BCUT2D eigenvalue weighted by atomic mass is 10.4. The Bertz CT molecular complexity index is 691. The van der Waals surface area contributed by atoms with Crippen LogP contribution in [0.25, 0.3) is 17.0 Å². The van der Waals surface area contributed by atoms with Gasteiger partial charge in [0.1, 0.15) is 16.5 Å². The van der Waals surface area contributed by atoms with Gasteiger partial charge in [-0.15, -0.1) is 5.10 Å². The van der Waals surface area contributed by atoms with Crippen LogP contribution in [0.2, 0.25) is 5.15 Å². The Kier molecular flexibility index (Phi) is 2.69. The molecule has 18 heavy (non-hydrogen) atoms. The molecule has 1 N–H and O–H groups in total. The minimum atomic E-state index is 0.0139. The molecule has 0 aliphatic carbocycles. The fourth-order valence-electron chi connectivity index (χ4n) is 1.65. The lowest BCUT2D eigenvalue weighted by Crippen LogP contribution is -2.02. The summed E-state index contributed by atoms with van der Waals surface area (Å²) in [6.07, 6.45) is 3.38. The van der Waals surface area contributed by atoms with Crippen LogP contribution in [0.3, 0.4) is 0 Å². The van der Waals surface area contributed by atoms with Crippen molar-refractivity contribution in [3.05, 3.63) is 29.7 Å². The highest BCUT2D eigenvalue weighted by Gasteiger charge is 2.11. The molecular weight excluding hydrogens is 256 g/mol. The van der Waals surface area contributed by atoms with E-state index in [9.17, 15) is 0 Å². The summed E-state index contributed by atoms with van der Waals surface area (Å²) in [5, 5.41) is 21.3. The zero-order valence-corrected chi connectivity index (χ0v) is 9.99. The van der Waals surface area contributed by atoms with Crippen LogP contribution >= 0.6 is 11.6 Å². The smallest absolute Gasteiger partial charge is 0.154 e. The van der Waals surface area contributed by atoms with Gasteiger partial charge < -0.3 is 5.11 Å². The van der Waals surface area contributed by atoms with Gasteiger partial charge in [-0.25, -0.2) is 14.2 Å². The maximum atomic E-state index is 8.83. The van der Waals surface area contributed by atoms with E-state index in [0.717, 1.165) is 0 Å². The zero-order valence-electron chi connectivity index (χ0n) is 9.23. The van der Waals surface area contributed by atoms with Gasteiger partial charge in [0, 0.05) is 0 Å². The maximum Gasteiger partial charge on any atom is 0.154 e. The van der Waals surface area contributed by atoms with E-state index in [4.69, 9.17) is 16.7 Å². The summed E-state index contributed by atoms with van der Waals surface area (Å²) in [5.74, 6) is 0. The molecule has 0 spiro atoms. The average molecular weight is 265 g/mol. The van der Waals surface area contributed by atoms with Gasteiger partial charge in [0.25, 0.3) is 0 Å². The second-order valence-corrected chi connectivity index (χ2v) is 4.05. The van der Waals surface area contributed by atoms with Gasteiger partial charge in [0.05, 0.1) is 25.5 Å². The van der Waals surface area contributed by atoms with Crippen molar-refractivity contribution in [2.24, 2.45) is 0 Å². The first kappa shape index (κ1) is 11.1. The topological polar surface area (TPSA) is 81.1 Å². The van der Waals surface area contributed by atoms with E-state index in [-0.39, 0.29) is 6.61 Å². The zero-order chi connectivity index (χ0) is 12.5. The van der Waals surface area contributed by atoms with Gasteiger partial charge in [-0.1, -0.05) is 16.8 Å². The molecule has 0 saturated carbocycles. The molecule has 8 heteroatoms. The molecule has 0 aromatic carbocycles. The molecule has 3 rings (SSSR count). The molecule has 3 aromatic heterocycles. The van der Waals surface area contributed by atoms with Crippen molar-refractivity contribution in [2.45, 2.75) is 6.54 Å². The van der Waals surface area contributed by atoms with Gasteiger partial charge >= 0.3 is 0 Å². The predicted octanol–water partition coefficient (Wildman–Crippen LogP) is 0.633. The van der Waals surface area contributed by atoms with Crippen LogP contribution in [0, 0.1) is 0 Å². The van der Waals surface area contributed by atoms with Crippen LogP contribution in [0.1, 0.15) is 0 Å². The van der Waals surface area contributed by atoms with Crippen LogP contribution in [0.5, 0.6) is 0 Å². The number of rotatable bonds is 3. The van der Waals surface area contributed by atoms with Crippen LogP contribution in [0.4, 0.5) is 0 Å². The number of fused-ring (bicyclic) bond motifs is 1. The van der Waals surface area contributed by atoms with Crippen LogP contribution in [-0.4, -0.2) is 41.3 Å². The first-order valence-electron chi connectivity index (χ1n) is 5.29. The first-order valence-corrected chi connectivity index (χ1v) is 5.67. The third kappa shape index (κ3) is 1.83. The molecule has 0 radical (unpaired) electrons. The van der Waals surface area contributed by atoms with Crippen LogP contribution < -0.4 is 0 Å². The number of nitrogens with zero attached hydrogens (tertiary/aromatic N) is 6. The van der Waals surface area contributed by atoms with Gasteiger partial charge in [-0.3, -0.25) is 0 Å². The molecule has 3 heterocycles. The second-order valence-electron chi connectivity index (χ2n) is 3.66. The van der Waals surface area contributed by atoms with E-state index < -0.39 is 0 Å². The summed E-state index contributed by atoms with van der Waals surface area (Å²) in [6, 6.07) is 3.45. The van der Waals surface area contributed by atoms with Crippen molar-refractivity contribution >= 4 is 17.2 Å². The van der Waals surface area contributed by atoms with E-state index in [1.54, 1.807) is 33.7 Å². The second kappa shape index (κ2) is 4.35. The minimum absolute atomic E-state index is 0.0139. The highest BCUT2D eigenvalue weighted by atomic mass is 35.5. The number of imidazole rings is 1. The van der Waals surface area contributed by atoms with E-state index in [2.05, 4.69) is 20.4 Å². The number of hydrogen-bond acceptors (Lipinski definition) is 5. The van der Waals surface area contributed by atoms with E-state index in [1.165, 1.54) is 0 Å². The van der Waals surface area contributed by atoms with E-state index >= 15 is 0 Å². The van der Waals surface area contributed by atoms with Crippen LogP contribution in [0.15, 0.2) is 24.5 Å². The van der Waals surface area contributed by atoms with Crippen LogP contribution in [-0.2, 0) is 6.54 Å². The normalized spacial score (nSPS) is 11.2. The molecule has 92 valence electrons. The minimum Gasteiger partial charge on any atom is -0.394 e. The maximum absolute atomic E-state index is 8.83. The summed E-state index contributed by atoms with van der Waals surface area (Å²) < 4.78 is 3.16. The average Bonchev–Trinajstić information content (AvgIpc) is 2.95. The van der Waals surface area contributed by atoms with Crippen molar-refractivity contribution in [1.82, 2.24) is 29.6 Å². The Balaban J connectivity index is 2.09. The van der Waals surface area contributed by atoms with Gasteiger partial charge in [-0.05, 0) is 12.1 Å². The Hall–Kier alpha value is -1.99. The molecule has 0 saturated heterocycles.